The van der Waals surface area contributed by atoms with Crippen molar-refractivity contribution in [2.45, 2.75) is 97.2 Å². The van der Waals surface area contributed by atoms with Crippen molar-refractivity contribution < 1.29 is 24.9 Å². The first-order valence-electron chi connectivity index (χ1n) is 12.9. The zero-order valence-corrected chi connectivity index (χ0v) is 20.1. The number of aliphatic hydroxyl groups is 2. The molecule has 32 heavy (non-hydrogen) atoms. The van der Waals surface area contributed by atoms with Crippen molar-refractivity contribution in [3.63, 3.8) is 0 Å². The number of aliphatic hydroxyl groups excluding tert-OH is 2. The van der Waals surface area contributed by atoms with Gasteiger partial charge in [-0.05, 0) is 104 Å². The molecule has 6 heteroatoms. The maximum absolute atomic E-state index is 12.0. The highest BCUT2D eigenvalue weighted by Crippen LogP contribution is 2.68. The van der Waals surface area contributed by atoms with Crippen LogP contribution in [0.3, 0.4) is 0 Å². The van der Waals surface area contributed by atoms with Gasteiger partial charge in [0.05, 0.1) is 12.2 Å². The van der Waals surface area contributed by atoms with E-state index in [0.29, 0.717) is 41.9 Å². The maximum Gasteiger partial charge on any atom is 0.322 e. The summed E-state index contributed by atoms with van der Waals surface area (Å²) in [6, 6.07) is 0. The lowest BCUT2D eigenvalue weighted by molar-refractivity contribution is -0.175. The van der Waals surface area contributed by atoms with Crippen molar-refractivity contribution in [3.8, 4) is 0 Å². The molecular weight excluding hydrogens is 406 g/mol. The summed E-state index contributed by atoms with van der Waals surface area (Å²) >= 11 is 0. The van der Waals surface area contributed by atoms with E-state index in [1.54, 1.807) is 0 Å². The van der Waals surface area contributed by atoms with Gasteiger partial charge in [0, 0.05) is 6.42 Å². The van der Waals surface area contributed by atoms with Gasteiger partial charge >= 0.3 is 5.97 Å². The lowest BCUT2D eigenvalue weighted by Crippen LogP contribution is -2.58. The molecule has 0 bridgehead atoms. The second kappa shape index (κ2) is 8.90. The van der Waals surface area contributed by atoms with Crippen molar-refractivity contribution in [3.05, 3.63) is 0 Å². The first-order chi connectivity index (χ1) is 15.1. The van der Waals surface area contributed by atoms with E-state index >= 15 is 0 Å². The molecule has 0 aliphatic heterocycles. The van der Waals surface area contributed by atoms with Crippen LogP contribution in [0.15, 0.2) is 0 Å². The van der Waals surface area contributed by atoms with Crippen LogP contribution in [0.5, 0.6) is 0 Å². The first kappa shape index (κ1) is 24.0. The fraction of sp³-hybridized carbons (Fsp3) is 0.923. The third-order valence-corrected chi connectivity index (χ3v) is 10.8. The van der Waals surface area contributed by atoms with Gasteiger partial charge in [0.2, 0.25) is 5.91 Å². The highest BCUT2D eigenvalue weighted by molar-refractivity contribution is 5.81. The summed E-state index contributed by atoms with van der Waals surface area (Å²) in [7, 11) is 0. The normalized spacial score (nSPS) is 46.5. The molecule has 0 unspecified atom stereocenters. The number of amides is 1. The first-order valence-corrected chi connectivity index (χ1v) is 12.9. The lowest BCUT2D eigenvalue weighted by atomic mass is 9.43. The number of nitrogens with one attached hydrogen (secondary N) is 1. The Morgan fingerprint density at radius 3 is 2.50 bits per heavy atom. The van der Waals surface area contributed by atoms with E-state index in [4.69, 9.17) is 5.11 Å². The van der Waals surface area contributed by atoms with E-state index < -0.39 is 5.97 Å². The van der Waals surface area contributed by atoms with Crippen molar-refractivity contribution in [2.24, 2.45) is 46.3 Å². The van der Waals surface area contributed by atoms with Crippen molar-refractivity contribution >= 4 is 11.9 Å². The van der Waals surface area contributed by atoms with Gasteiger partial charge in [-0.25, -0.2) is 0 Å². The van der Waals surface area contributed by atoms with Crippen LogP contribution in [-0.4, -0.2) is 45.9 Å². The van der Waals surface area contributed by atoms with Crippen LogP contribution in [0.1, 0.15) is 85.0 Å². The minimum absolute atomic E-state index is 0.102. The molecule has 0 aromatic carbocycles. The monoisotopic (exact) mass is 449 g/mol. The molecule has 0 radical (unpaired) electrons. The molecule has 182 valence electrons. The summed E-state index contributed by atoms with van der Waals surface area (Å²) in [6.45, 7) is 6.65. The average Bonchev–Trinajstić information content (AvgIpc) is 3.10. The Labute approximate surface area is 192 Å². The Hall–Kier alpha value is -1.14. The topological polar surface area (TPSA) is 107 Å². The number of carboxylic acid groups (broad SMARTS) is 1. The zero-order chi connectivity index (χ0) is 23.3. The smallest absolute Gasteiger partial charge is 0.322 e. The van der Waals surface area contributed by atoms with E-state index in [9.17, 15) is 19.8 Å². The fourth-order valence-electron chi connectivity index (χ4n) is 8.98. The number of hydrogen-bond acceptors (Lipinski definition) is 4. The molecule has 4 aliphatic carbocycles. The Balaban J connectivity index is 1.45. The standard InChI is InChI=1S/C26H43NO5/c1-15(4-9-23(30)27-14-24(31)32)19-7-8-20-18-6-5-16-12-17(28)10-11-25(16,2)21(18)13-22(29)26(19,20)3/h15-22,28-29H,4-14H2,1-3H3,(H,27,30)(H,31,32)/t15-,16+,17-,18-,19-,20+,21-,22+,25+,26-/m1/s1. The quantitative estimate of drug-likeness (QED) is 0.496. The van der Waals surface area contributed by atoms with Gasteiger partial charge in [-0.2, -0.15) is 0 Å². The molecule has 4 rings (SSSR count). The predicted octanol–water partition coefficient (Wildman–Crippen LogP) is 3.59. The second-order valence-corrected chi connectivity index (χ2v) is 12.1. The number of aliphatic carboxylic acids is 1. The largest absolute Gasteiger partial charge is 0.480 e. The SMILES string of the molecule is C[C@H](CCC(=O)NCC(=O)O)[C@H]1CC[C@H]2[C@H]3CC[C@H]4C[C@H](O)CC[C@]4(C)[C@@H]3C[C@H](O)[C@]12C. The number of carbonyl (C=O) groups is 2. The number of rotatable bonds is 6. The van der Waals surface area contributed by atoms with Crippen LogP contribution in [0.25, 0.3) is 0 Å². The number of carbonyl (C=O) groups excluding carboxylic acids is 1. The molecule has 4 aliphatic rings. The lowest BCUT2D eigenvalue weighted by Gasteiger charge is -2.62. The van der Waals surface area contributed by atoms with Gasteiger partial charge in [-0.15, -0.1) is 0 Å². The Bertz CT molecular complexity index is 727. The molecule has 0 saturated heterocycles. The van der Waals surface area contributed by atoms with Gasteiger partial charge in [0.25, 0.3) is 0 Å². The van der Waals surface area contributed by atoms with Crippen LogP contribution >= 0.6 is 0 Å². The Kier molecular flexibility index (Phi) is 6.68. The van der Waals surface area contributed by atoms with E-state index in [-0.39, 0.29) is 35.5 Å². The molecule has 0 aromatic heterocycles. The van der Waals surface area contributed by atoms with Gasteiger partial charge in [-0.1, -0.05) is 20.8 Å². The summed E-state index contributed by atoms with van der Waals surface area (Å²) in [4.78, 5) is 22.7. The van der Waals surface area contributed by atoms with Gasteiger partial charge in [0.15, 0.2) is 0 Å². The van der Waals surface area contributed by atoms with Gasteiger partial charge < -0.3 is 20.6 Å². The Morgan fingerprint density at radius 2 is 1.78 bits per heavy atom. The zero-order valence-electron chi connectivity index (χ0n) is 20.1. The molecule has 10 atom stereocenters. The van der Waals surface area contributed by atoms with Gasteiger partial charge in [-0.3, -0.25) is 9.59 Å². The minimum atomic E-state index is -1.02. The molecule has 4 saturated carbocycles. The van der Waals surface area contributed by atoms with E-state index in [1.807, 2.05) is 0 Å². The number of carboxylic acids is 1. The maximum atomic E-state index is 12.0. The summed E-state index contributed by atoms with van der Waals surface area (Å²) in [5.41, 5.74) is 0.145. The third-order valence-electron chi connectivity index (χ3n) is 10.8. The van der Waals surface area contributed by atoms with Crippen LogP contribution in [0.4, 0.5) is 0 Å². The van der Waals surface area contributed by atoms with Crippen LogP contribution in [0, 0.1) is 46.3 Å². The highest BCUT2D eigenvalue weighted by Gasteiger charge is 2.63. The van der Waals surface area contributed by atoms with Crippen molar-refractivity contribution in [1.29, 1.82) is 0 Å². The number of hydrogen-bond donors (Lipinski definition) is 4. The third kappa shape index (κ3) is 4.00. The molecule has 4 fully saturated rings. The van der Waals surface area contributed by atoms with Crippen molar-refractivity contribution in [1.82, 2.24) is 5.32 Å². The number of fused-ring (bicyclic) bond motifs is 5. The fourth-order valence-corrected chi connectivity index (χ4v) is 8.98. The molecular formula is C26H43NO5. The molecule has 6 nitrogen and oxygen atoms in total. The summed E-state index contributed by atoms with van der Waals surface area (Å²) in [6.07, 6.45) is 9.12. The molecule has 0 spiro atoms. The Morgan fingerprint density at radius 1 is 1.03 bits per heavy atom. The second-order valence-electron chi connectivity index (χ2n) is 12.1. The predicted molar refractivity (Wildman–Crippen MR) is 122 cm³/mol. The molecule has 1 amide bonds. The van der Waals surface area contributed by atoms with Crippen LogP contribution < -0.4 is 5.32 Å². The molecule has 0 aromatic rings. The van der Waals surface area contributed by atoms with Crippen LogP contribution in [-0.2, 0) is 9.59 Å². The van der Waals surface area contributed by atoms with E-state index in [2.05, 4.69) is 26.1 Å². The summed E-state index contributed by atoms with van der Waals surface area (Å²) < 4.78 is 0. The van der Waals surface area contributed by atoms with Crippen LogP contribution in [0.2, 0.25) is 0 Å². The molecule has 4 N–H and O–H groups in total. The summed E-state index contributed by atoms with van der Waals surface area (Å²) in [5, 5.41) is 33.0. The summed E-state index contributed by atoms with van der Waals surface area (Å²) in [5.74, 6) is 1.84. The minimum Gasteiger partial charge on any atom is -0.480 e. The van der Waals surface area contributed by atoms with E-state index in [1.165, 1.54) is 12.8 Å². The van der Waals surface area contributed by atoms with E-state index in [0.717, 1.165) is 44.9 Å². The average molecular weight is 450 g/mol. The van der Waals surface area contributed by atoms with Gasteiger partial charge in [0.1, 0.15) is 6.54 Å². The van der Waals surface area contributed by atoms with Crippen molar-refractivity contribution in [2.75, 3.05) is 6.54 Å². The molecule has 0 heterocycles. The highest BCUT2D eigenvalue weighted by atomic mass is 16.4.